The Balaban J connectivity index is 1.63. The summed E-state index contributed by atoms with van der Waals surface area (Å²) in [4.78, 5) is 14.2. The van der Waals surface area contributed by atoms with Crippen molar-refractivity contribution in [2.45, 2.75) is 31.5 Å². The van der Waals surface area contributed by atoms with Gasteiger partial charge in [0.1, 0.15) is 12.4 Å². The monoisotopic (exact) mass is 364 g/mol. The normalized spacial score (nSPS) is 16.9. The number of amides is 1. The number of carbonyl (C=O) groups excluding carboxylic acids is 1. The molecule has 1 fully saturated rings. The minimum absolute atomic E-state index is 0.146. The van der Waals surface area contributed by atoms with E-state index in [1.165, 1.54) is 0 Å². The Morgan fingerprint density at radius 2 is 2.08 bits per heavy atom. The van der Waals surface area contributed by atoms with Gasteiger partial charge >= 0.3 is 0 Å². The summed E-state index contributed by atoms with van der Waals surface area (Å²) in [5.74, 6) is 1.23. The summed E-state index contributed by atoms with van der Waals surface area (Å²) in [5.41, 5.74) is 0.500. The lowest BCUT2D eigenvalue weighted by molar-refractivity contribution is -0.141. The average molecular weight is 365 g/mol. The van der Waals surface area contributed by atoms with E-state index in [1.54, 1.807) is 29.2 Å². The maximum atomic E-state index is 12.5. The number of aliphatic hydroxyl groups is 2. The third kappa shape index (κ3) is 3.68. The van der Waals surface area contributed by atoms with E-state index in [0.717, 1.165) is 18.7 Å². The van der Waals surface area contributed by atoms with Crippen molar-refractivity contribution in [3.8, 4) is 0 Å². The fraction of sp³-hybridized carbons (Fsp3) is 0.471. The van der Waals surface area contributed by atoms with Gasteiger partial charge in [-0.2, -0.15) is 0 Å². The molecule has 0 unspecified atom stereocenters. The smallest absolute Gasteiger partial charge is 0.256 e. The standard InChI is InChI=1S/C17H21ClN4O3/c1-21-14(10-23)19-20-16(21)11-5-7-22(8-6-11)17(25)15(24)12-3-2-4-13(18)9-12/h2-4,9,11,15,23-24H,5-8,10H2,1H3/t15-/m0/s1. The Bertz CT molecular complexity index is 756. The van der Waals surface area contributed by atoms with Crippen molar-refractivity contribution in [2.24, 2.45) is 7.05 Å². The van der Waals surface area contributed by atoms with E-state index in [0.29, 0.717) is 29.5 Å². The van der Waals surface area contributed by atoms with Crippen molar-refractivity contribution in [3.63, 3.8) is 0 Å². The minimum Gasteiger partial charge on any atom is -0.388 e. The molecule has 0 bridgehead atoms. The van der Waals surface area contributed by atoms with Crippen LogP contribution in [0.5, 0.6) is 0 Å². The lowest BCUT2D eigenvalue weighted by Crippen LogP contribution is -2.41. The third-order valence-corrected chi connectivity index (χ3v) is 4.95. The van der Waals surface area contributed by atoms with Crippen molar-refractivity contribution in [1.29, 1.82) is 0 Å². The zero-order chi connectivity index (χ0) is 18.0. The minimum atomic E-state index is -1.20. The largest absolute Gasteiger partial charge is 0.388 e. The quantitative estimate of drug-likeness (QED) is 0.855. The van der Waals surface area contributed by atoms with Crippen molar-refractivity contribution in [1.82, 2.24) is 19.7 Å². The maximum Gasteiger partial charge on any atom is 0.256 e. The summed E-state index contributed by atoms with van der Waals surface area (Å²) in [7, 11) is 1.83. The van der Waals surface area contributed by atoms with Crippen LogP contribution in [0, 0.1) is 0 Å². The Hall–Kier alpha value is -1.96. The first-order valence-corrected chi connectivity index (χ1v) is 8.60. The van der Waals surface area contributed by atoms with E-state index >= 15 is 0 Å². The van der Waals surface area contributed by atoms with Crippen molar-refractivity contribution in [2.75, 3.05) is 13.1 Å². The van der Waals surface area contributed by atoms with Gasteiger partial charge in [-0.3, -0.25) is 4.79 Å². The number of rotatable bonds is 4. The molecule has 1 atom stereocenters. The van der Waals surface area contributed by atoms with Crippen molar-refractivity contribution < 1.29 is 15.0 Å². The molecule has 7 nitrogen and oxygen atoms in total. The van der Waals surface area contributed by atoms with Gasteiger partial charge in [-0.05, 0) is 30.5 Å². The van der Waals surface area contributed by atoms with Crippen LogP contribution in [0.3, 0.4) is 0 Å². The van der Waals surface area contributed by atoms with E-state index in [1.807, 2.05) is 11.6 Å². The average Bonchev–Trinajstić information content (AvgIpc) is 3.01. The molecule has 1 aromatic carbocycles. The maximum absolute atomic E-state index is 12.5. The molecule has 8 heteroatoms. The van der Waals surface area contributed by atoms with Crippen LogP contribution < -0.4 is 0 Å². The molecule has 3 rings (SSSR count). The van der Waals surface area contributed by atoms with E-state index in [2.05, 4.69) is 10.2 Å². The summed E-state index contributed by atoms with van der Waals surface area (Å²) in [6.45, 7) is 0.942. The lowest BCUT2D eigenvalue weighted by Gasteiger charge is -2.32. The summed E-state index contributed by atoms with van der Waals surface area (Å²) >= 11 is 5.93. The Morgan fingerprint density at radius 3 is 2.68 bits per heavy atom. The predicted octanol–water partition coefficient (Wildman–Crippen LogP) is 1.40. The third-order valence-electron chi connectivity index (χ3n) is 4.71. The van der Waals surface area contributed by atoms with Crippen LogP contribution in [0.25, 0.3) is 0 Å². The first kappa shape index (κ1) is 17.8. The van der Waals surface area contributed by atoms with Gasteiger partial charge in [-0.25, -0.2) is 0 Å². The zero-order valence-electron chi connectivity index (χ0n) is 14.0. The van der Waals surface area contributed by atoms with Crippen LogP contribution in [0.1, 0.15) is 42.1 Å². The highest BCUT2D eigenvalue weighted by atomic mass is 35.5. The Kier molecular flexibility index (Phi) is 5.36. The van der Waals surface area contributed by atoms with Gasteiger partial charge in [0.2, 0.25) is 0 Å². The van der Waals surface area contributed by atoms with Gasteiger partial charge in [0, 0.05) is 31.1 Å². The summed E-state index contributed by atoms with van der Waals surface area (Å²) < 4.78 is 1.81. The van der Waals surface area contributed by atoms with Crippen LogP contribution in [-0.4, -0.2) is 48.9 Å². The molecule has 0 saturated carbocycles. The molecule has 0 aliphatic carbocycles. The molecule has 0 radical (unpaired) electrons. The summed E-state index contributed by atoms with van der Waals surface area (Å²) in [6, 6.07) is 6.71. The first-order valence-electron chi connectivity index (χ1n) is 8.22. The Labute approximate surface area is 150 Å². The summed E-state index contributed by atoms with van der Waals surface area (Å²) in [6.07, 6.45) is 0.280. The van der Waals surface area contributed by atoms with E-state index in [-0.39, 0.29) is 18.4 Å². The fourth-order valence-corrected chi connectivity index (χ4v) is 3.42. The molecule has 1 amide bonds. The zero-order valence-corrected chi connectivity index (χ0v) is 14.7. The number of benzene rings is 1. The summed E-state index contributed by atoms with van der Waals surface area (Å²) in [5, 5.41) is 28.2. The highest BCUT2D eigenvalue weighted by molar-refractivity contribution is 6.30. The van der Waals surface area contributed by atoms with E-state index in [9.17, 15) is 15.0 Å². The Morgan fingerprint density at radius 1 is 1.36 bits per heavy atom. The second kappa shape index (κ2) is 7.51. The number of halogens is 1. The van der Waals surface area contributed by atoms with Gasteiger partial charge in [-0.15, -0.1) is 10.2 Å². The van der Waals surface area contributed by atoms with Gasteiger partial charge in [-0.1, -0.05) is 23.7 Å². The molecule has 2 heterocycles. The number of likely N-dealkylation sites (tertiary alicyclic amines) is 1. The number of hydrogen-bond donors (Lipinski definition) is 2. The van der Waals surface area contributed by atoms with Gasteiger partial charge < -0.3 is 19.7 Å². The van der Waals surface area contributed by atoms with Gasteiger partial charge in [0.25, 0.3) is 5.91 Å². The van der Waals surface area contributed by atoms with Crippen LogP contribution in [0.4, 0.5) is 0 Å². The van der Waals surface area contributed by atoms with Crippen molar-refractivity contribution in [3.05, 3.63) is 46.5 Å². The number of carbonyl (C=O) groups is 1. The van der Waals surface area contributed by atoms with Crippen LogP contribution >= 0.6 is 11.6 Å². The highest BCUT2D eigenvalue weighted by Crippen LogP contribution is 2.28. The SMILES string of the molecule is Cn1c(CO)nnc1C1CCN(C(=O)[C@@H](O)c2cccc(Cl)c2)CC1. The second-order valence-corrected chi connectivity index (χ2v) is 6.69. The molecule has 1 aliphatic rings. The molecule has 0 spiro atoms. The molecule has 134 valence electrons. The predicted molar refractivity (Wildman–Crippen MR) is 91.9 cm³/mol. The van der Waals surface area contributed by atoms with Crippen LogP contribution in [0.2, 0.25) is 5.02 Å². The van der Waals surface area contributed by atoms with E-state index < -0.39 is 6.10 Å². The molecule has 1 saturated heterocycles. The molecule has 1 aliphatic heterocycles. The molecular weight excluding hydrogens is 344 g/mol. The molecule has 2 N–H and O–H groups in total. The number of piperidine rings is 1. The topological polar surface area (TPSA) is 91.5 Å². The number of nitrogens with zero attached hydrogens (tertiary/aromatic N) is 4. The first-order chi connectivity index (χ1) is 12.0. The van der Waals surface area contributed by atoms with Crippen molar-refractivity contribution >= 4 is 17.5 Å². The van der Waals surface area contributed by atoms with Crippen LogP contribution in [0.15, 0.2) is 24.3 Å². The molecular formula is C17H21ClN4O3. The van der Waals surface area contributed by atoms with E-state index in [4.69, 9.17) is 11.6 Å². The molecule has 1 aromatic heterocycles. The molecule has 2 aromatic rings. The number of hydrogen-bond acceptors (Lipinski definition) is 5. The number of aliphatic hydroxyl groups excluding tert-OH is 2. The fourth-order valence-electron chi connectivity index (χ4n) is 3.22. The lowest BCUT2D eigenvalue weighted by atomic mass is 9.95. The van der Waals surface area contributed by atoms with Gasteiger partial charge in [0.05, 0.1) is 0 Å². The van der Waals surface area contributed by atoms with Gasteiger partial charge in [0.15, 0.2) is 11.9 Å². The second-order valence-electron chi connectivity index (χ2n) is 6.25. The molecule has 25 heavy (non-hydrogen) atoms. The highest BCUT2D eigenvalue weighted by Gasteiger charge is 2.30. The number of aromatic nitrogens is 3. The van der Waals surface area contributed by atoms with Crippen LogP contribution in [-0.2, 0) is 18.4 Å².